The highest BCUT2D eigenvalue weighted by atomic mass is 28.4. The second kappa shape index (κ2) is 34.7. The molecule has 0 fully saturated rings. The minimum absolute atomic E-state index is 0.221. The number of rotatable bonds is 41. The lowest BCUT2D eigenvalue weighted by atomic mass is 10.2. The third-order valence-corrected chi connectivity index (χ3v) is 40.2. The van der Waals surface area contributed by atoms with Crippen LogP contribution in [0.5, 0.6) is 0 Å². The smallest absolute Gasteiger partial charge is 0.165 e. The Hall–Kier alpha value is 2.04. The molecule has 326 valence electrons. The Morgan fingerprint density at radius 1 is 0.259 bits per heavy atom. The zero-order valence-electron chi connectivity index (χ0n) is 36.8. The summed E-state index contributed by atoms with van der Waals surface area (Å²) in [7, 11) is 13.7. The van der Waals surface area contributed by atoms with Gasteiger partial charge in [0.1, 0.15) is 0 Å². The van der Waals surface area contributed by atoms with Crippen LogP contribution in [-0.4, -0.2) is 252 Å². The molecule has 0 saturated heterocycles. The summed E-state index contributed by atoms with van der Waals surface area (Å²) in [5.74, 6) is 0. The molecule has 26 heteroatoms. The van der Waals surface area contributed by atoms with E-state index >= 15 is 0 Å². The lowest BCUT2D eigenvalue weighted by Gasteiger charge is -2.36. The van der Waals surface area contributed by atoms with Crippen LogP contribution in [0.3, 0.4) is 0 Å². The largest absolute Gasteiger partial charge is 0.427 e. The second-order valence-electron chi connectivity index (χ2n) is 15.6. The highest BCUT2D eigenvalue weighted by Crippen LogP contribution is 2.32. The molecule has 0 rings (SSSR count). The maximum Gasteiger partial charge on any atom is 0.165 e. The summed E-state index contributed by atoms with van der Waals surface area (Å²) >= 11 is 0. The first-order valence-electron chi connectivity index (χ1n) is 19.4. The molecule has 0 aromatic rings. The highest BCUT2D eigenvalue weighted by Gasteiger charge is 2.38. The average molecular weight is 978 g/mol. The third-order valence-electron chi connectivity index (χ3n) is 10.4. The van der Waals surface area contributed by atoms with E-state index in [1.807, 2.05) is 85.3 Å². The Morgan fingerprint density at radius 2 is 0.407 bits per heavy atom. The van der Waals surface area contributed by atoms with E-state index in [0.717, 1.165) is 77.8 Å². The van der Waals surface area contributed by atoms with Gasteiger partial charge in [0, 0.05) is 102 Å². The quantitative estimate of drug-likeness (QED) is 0.0427. The van der Waals surface area contributed by atoms with Crippen molar-refractivity contribution in [1.82, 2.24) is 9.80 Å². The van der Waals surface area contributed by atoms with Crippen LogP contribution >= 0.6 is 0 Å². The normalized spacial score (nSPS) is 19.4. The Balaban J connectivity index is 6.23. The topological polar surface area (TPSA) is 117 Å². The van der Waals surface area contributed by atoms with Gasteiger partial charge in [0.2, 0.25) is 0 Å². The van der Waals surface area contributed by atoms with Crippen molar-refractivity contribution >= 4 is 117 Å². The van der Waals surface area contributed by atoms with Crippen LogP contribution in [0.2, 0.25) is 17.1 Å². The predicted molar refractivity (Wildman–Crippen MR) is 258 cm³/mol. The van der Waals surface area contributed by atoms with Crippen molar-refractivity contribution in [3.63, 3.8) is 0 Å². The molecule has 0 aliphatic heterocycles. The molecule has 0 aromatic heterocycles. The van der Waals surface area contributed by atoms with Crippen LogP contribution in [0.25, 0.3) is 0 Å². The molecule has 0 aliphatic rings. The molecule has 0 saturated carbocycles. The number of nitrogens with zero attached hydrogens (tertiary/aromatic N) is 2. The maximum atomic E-state index is 5.92. The second-order valence-corrected chi connectivity index (χ2v) is 56.0. The molecule has 0 heterocycles. The van der Waals surface area contributed by atoms with Gasteiger partial charge in [-0.1, -0.05) is 0 Å². The molecule has 0 unspecified atom stereocenters. The monoisotopic (exact) mass is 976 g/mol. The molecule has 0 spiro atoms. The van der Waals surface area contributed by atoms with Crippen LogP contribution in [0.4, 0.5) is 0 Å². The molecule has 14 nitrogen and oxygen atoms in total. The molecule has 0 N–H and O–H groups in total. The van der Waals surface area contributed by atoms with Crippen molar-refractivity contribution in [1.29, 1.82) is 0 Å². The minimum atomic E-state index is -0.731. The molecular weight excluding hydrogens is 893 g/mol. The summed E-state index contributed by atoms with van der Waals surface area (Å²) in [6.45, 7) is 6.39. The maximum absolute atomic E-state index is 5.92. The molecule has 0 radical (unpaired) electrons. The van der Waals surface area contributed by atoms with E-state index in [1.54, 1.807) is 0 Å². The van der Waals surface area contributed by atoms with Crippen LogP contribution < -0.4 is 0 Å². The van der Waals surface area contributed by atoms with Crippen molar-refractivity contribution in [3.8, 4) is 0 Å². The molecule has 0 aliphatic carbocycles. The van der Waals surface area contributed by atoms with Crippen molar-refractivity contribution < 1.29 is 53.1 Å². The Bertz CT molecular complexity index is 684. The van der Waals surface area contributed by atoms with Crippen LogP contribution in [0.1, 0.15) is 38.5 Å². The summed E-state index contributed by atoms with van der Waals surface area (Å²) in [5.41, 5.74) is 0. The van der Waals surface area contributed by atoms with Crippen LogP contribution in [0, 0.1) is 0 Å². The van der Waals surface area contributed by atoms with Gasteiger partial charge >= 0.3 is 0 Å². The Kier molecular flexibility index (Phi) is 36.0. The fraction of sp³-hybridized carbons (Fsp3) is 1.00. The molecule has 0 atom stereocenters. The molecular formula is C28H84N2O12Si12. The van der Waals surface area contributed by atoms with Crippen LogP contribution in [0.15, 0.2) is 0 Å². The molecule has 0 bridgehead atoms. The van der Waals surface area contributed by atoms with Crippen molar-refractivity contribution in [2.24, 2.45) is 0 Å². The summed E-state index contributed by atoms with van der Waals surface area (Å²) in [5, 5.41) is 0. The van der Waals surface area contributed by atoms with Gasteiger partial charge < -0.3 is 62.9 Å². The van der Waals surface area contributed by atoms with E-state index in [9.17, 15) is 0 Å². The third kappa shape index (κ3) is 23.2. The van der Waals surface area contributed by atoms with Gasteiger partial charge in [-0.15, -0.1) is 0 Å². The first kappa shape index (κ1) is 56.0. The van der Waals surface area contributed by atoms with Gasteiger partial charge in [-0.3, -0.25) is 0 Å². The summed E-state index contributed by atoms with van der Waals surface area (Å²) < 4.78 is 72.0. The molecule has 54 heavy (non-hydrogen) atoms. The van der Waals surface area contributed by atoms with Crippen molar-refractivity contribution in [2.75, 3.05) is 125 Å². The van der Waals surface area contributed by atoms with E-state index in [4.69, 9.17) is 53.1 Å². The number of hydrogen-bond donors (Lipinski definition) is 0. The van der Waals surface area contributed by atoms with Crippen LogP contribution in [-0.2, 0) is 53.1 Å². The molecule has 0 aromatic carbocycles. The Labute approximate surface area is 358 Å². The van der Waals surface area contributed by atoms with Crippen molar-refractivity contribution in [2.45, 2.75) is 55.7 Å². The van der Waals surface area contributed by atoms with Gasteiger partial charge in [0.25, 0.3) is 0 Å². The van der Waals surface area contributed by atoms with Gasteiger partial charge in [0.05, 0.1) is 0 Å². The summed E-state index contributed by atoms with van der Waals surface area (Å²) in [6.07, 6.45) is 6.79. The Morgan fingerprint density at radius 3 is 0.537 bits per heavy atom. The van der Waals surface area contributed by atoms with E-state index in [0.29, 0.717) is 0 Å². The first-order valence-corrected chi connectivity index (χ1v) is 34.8. The zero-order valence-corrected chi connectivity index (χ0v) is 53.7. The van der Waals surface area contributed by atoms with Gasteiger partial charge in [0.15, 0.2) is 117 Å². The van der Waals surface area contributed by atoms with E-state index in [1.165, 1.54) is 0 Å². The standard InChI is InChI=1S/C28H84N2O12Si12/c1-31-43-25(44-32-2,45-33-3)15-21-29(22-16-26(46-34-4,47-35-5)48-36-6)19-13-14-20-30(23-17-27(49-37-7,50-38-8)51-39-9)24-18-28(52-40-10,53-41-11)54-42-12/h13-24,43-54H2,1-12H3. The van der Waals surface area contributed by atoms with Crippen molar-refractivity contribution in [3.05, 3.63) is 0 Å². The van der Waals surface area contributed by atoms with Gasteiger partial charge in [-0.05, 0) is 77.8 Å². The lowest BCUT2D eigenvalue weighted by Crippen LogP contribution is -2.43. The summed E-state index contributed by atoms with van der Waals surface area (Å²) in [6, 6.07) is 0. The van der Waals surface area contributed by atoms with E-state index in [2.05, 4.69) is 9.80 Å². The minimum Gasteiger partial charge on any atom is -0.427 e. The fourth-order valence-corrected chi connectivity index (χ4v) is 37.6. The van der Waals surface area contributed by atoms with E-state index in [-0.39, 0.29) is 17.1 Å². The molecule has 0 amide bonds. The van der Waals surface area contributed by atoms with Gasteiger partial charge in [-0.2, -0.15) is 0 Å². The fourth-order valence-electron chi connectivity index (χ4n) is 7.96. The predicted octanol–water partition coefficient (Wildman–Crippen LogP) is -7.01. The average Bonchev–Trinajstić information content (AvgIpc) is 3.13. The number of unbranched alkanes of at least 4 members (excludes halogenated alkanes) is 1. The van der Waals surface area contributed by atoms with Gasteiger partial charge in [-0.25, -0.2) is 0 Å². The highest BCUT2D eigenvalue weighted by molar-refractivity contribution is 6.75. The lowest BCUT2D eigenvalue weighted by molar-refractivity contribution is 0.226. The summed E-state index contributed by atoms with van der Waals surface area (Å²) in [4.78, 5) is 5.47. The zero-order chi connectivity index (χ0) is 40.6. The SMILES string of the molecule is CO[SiH2]C(CCN(CCCCN(CCC([SiH2]OC)([SiH2]OC)[SiH2]OC)CCC([SiH2]OC)([SiH2]OC)[SiH2]OC)CCC([SiH2]OC)([SiH2]OC)[SiH2]OC)([SiH2]OC)[SiH2]OC. The van der Waals surface area contributed by atoms with E-state index < -0.39 is 117 Å². The number of hydrogen-bond acceptors (Lipinski definition) is 14. The first-order chi connectivity index (χ1) is 26.1.